The fourth-order valence-electron chi connectivity index (χ4n) is 1.60. The lowest BCUT2D eigenvalue weighted by Gasteiger charge is -2.09. The molecule has 0 aliphatic carbocycles. The maximum Gasteiger partial charge on any atom is 0.0529 e. The van der Waals surface area contributed by atoms with E-state index in [1.165, 1.54) is 0 Å². The summed E-state index contributed by atoms with van der Waals surface area (Å²) in [6.45, 7) is 0. The van der Waals surface area contributed by atoms with E-state index in [1.54, 1.807) is 12.1 Å². The largest absolute Gasteiger partial charge is 0.121 e. The van der Waals surface area contributed by atoms with E-state index in [0.717, 1.165) is 16.7 Å². The zero-order valence-electron chi connectivity index (χ0n) is 8.68. The van der Waals surface area contributed by atoms with Gasteiger partial charge in [-0.1, -0.05) is 59.1 Å². The second-order valence-electron chi connectivity index (χ2n) is 3.54. The molecule has 2 aromatic carbocycles. The van der Waals surface area contributed by atoms with Crippen molar-refractivity contribution < 1.29 is 0 Å². The van der Waals surface area contributed by atoms with E-state index in [2.05, 4.69) is 0 Å². The number of benzene rings is 2. The molecule has 2 rings (SSSR count). The molecule has 0 bridgehead atoms. The first-order valence-corrected chi connectivity index (χ1v) is 6.59. The lowest BCUT2D eigenvalue weighted by atomic mass is 10.0. The Morgan fingerprint density at radius 1 is 0.882 bits per heavy atom. The number of alkyl halides is 1. The van der Waals surface area contributed by atoms with Gasteiger partial charge in [-0.3, -0.25) is 0 Å². The van der Waals surface area contributed by atoms with Crippen LogP contribution in [-0.2, 0) is 5.88 Å². The van der Waals surface area contributed by atoms with E-state index < -0.39 is 0 Å². The SMILES string of the molecule is ClCc1cccc(-c2ccc(Cl)cc2Cl)c1Cl. The molecule has 0 radical (unpaired) electrons. The molecule has 17 heavy (non-hydrogen) atoms. The Bertz CT molecular complexity index is 549. The summed E-state index contributed by atoms with van der Waals surface area (Å²) in [4.78, 5) is 0. The highest BCUT2D eigenvalue weighted by Crippen LogP contribution is 2.36. The molecule has 0 aromatic heterocycles. The van der Waals surface area contributed by atoms with Crippen molar-refractivity contribution in [3.63, 3.8) is 0 Å². The molecular weight excluding hydrogens is 298 g/mol. The summed E-state index contributed by atoms with van der Waals surface area (Å²) in [5.74, 6) is 0.373. The van der Waals surface area contributed by atoms with Crippen LogP contribution >= 0.6 is 46.4 Å². The third kappa shape index (κ3) is 2.71. The quantitative estimate of drug-likeness (QED) is 0.592. The van der Waals surface area contributed by atoms with Crippen LogP contribution in [0.5, 0.6) is 0 Å². The molecule has 0 saturated carbocycles. The second kappa shape index (κ2) is 5.49. The van der Waals surface area contributed by atoms with Gasteiger partial charge in [-0.05, 0) is 17.7 Å². The Hall–Kier alpha value is -0.400. The Morgan fingerprint density at radius 3 is 2.29 bits per heavy atom. The minimum atomic E-state index is 0.373. The third-order valence-electron chi connectivity index (χ3n) is 2.44. The Labute approximate surface area is 120 Å². The maximum absolute atomic E-state index is 6.28. The summed E-state index contributed by atoms with van der Waals surface area (Å²) in [7, 11) is 0. The van der Waals surface area contributed by atoms with Gasteiger partial charge in [0, 0.05) is 27.1 Å². The van der Waals surface area contributed by atoms with E-state index in [0.29, 0.717) is 20.9 Å². The molecule has 0 atom stereocenters. The zero-order chi connectivity index (χ0) is 12.4. The van der Waals surface area contributed by atoms with Gasteiger partial charge >= 0.3 is 0 Å². The van der Waals surface area contributed by atoms with Crippen molar-refractivity contribution in [3.05, 3.63) is 57.0 Å². The van der Waals surface area contributed by atoms with E-state index in [4.69, 9.17) is 46.4 Å². The summed E-state index contributed by atoms with van der Waals surface area (Å²) in [6, 6.07) is 11.0. The van der Waals surface area contributed by atoms with Crippen LogP contribution in [0.4, 0.5) is 0 Å². The van der Waals surface area contributed by atoms with Crippen LogP contribution in [0.1, 0.15) is 5.56 Å². The van der Waals surface area contributed by atoms with Gasteiger partial charge < -0.3 is 0 Å². The molecule has 0 heterocycles. The molecule has 0 aliphatic rings. The average Bonchev–Trinajstić information content (AvgIpc) is 2.30. The van der Waals surface area contributed by atoms with Crippen LogP contribution in [-0.4, -0.2) is 0 Å². The van der Waals surface area contributed by atoms with E-state index in [1.807, 2.05) is 24.3 Å². The summed E-state index contributed by atoms with van der Waals surface area (Å²) >= 11 is 24.1. The molecule has 0 saturated heterocycles. The minimum Gasteiger partial charge on any atom is -0.121 e. The van der Waals surface area contributed by atoms with Gasteiger partial charge in [-0.25, -0.2) is 0 Å². The Kier molecular flexibility index (Phi) is 4.22. The maximum atomic E-state index is 6.28. The molecule has 88 valence electrons. The van der Waals surface area contributed by atoms with Crippen LogP contribution < -0.4 is 0 Å². The molecule has 0 aliphatic heterocycles. The van der Waals surface area contributed by atoms with Crippen molar-refractivity contribution in [2.75, 3.05) is 0 Å². The molecule has 0 unspecified atom stereocenters. The first-order chi connectivity index (χ1) is 8.13. The van der Waals surface area contributed by atoms with Crippen LogP contribution in [0, 0.1) is 0 Å². The lowest BCUT2D eigenvalue weighted by Crippen LogP contribution is -1.86. The standard InChI is InChI=1S/C13H8Cl4/c14-7-8-2-1-3-11(13(8)17)10-5-4-9(15)6-12(10)16/h1-6H,7H2. The molecule has 0 fully saturated rings. The first-order valence-electron chi connectivity index (χ1n) is 4.92. The Morgan fingerprint density at radius 2 is 1.65 bits per heavy atom. The summed E-state index contributed by atoms with van der Waals surface area (Å²) < 4.78 is 0. The second-order valence-corrected chi connectivity index (χ2v) is 5.03. The average molecular weight is 306 g/mol. The Balaban J connectivity index is 2.60. The van der Waals surface area contributed by atoms with E-state index >= 15 is 0 Å². The van der Waals surface area contributed by atoms with Gasteiger partial charge in [-0.2, -0.15) is 0 Å². The molecular formula is C13H8Cl4. The van der Waals surface area contributed by atoms with Crippen molar-refractivity contribution >= 4 is 46.4 Å². The third-order valence-corrected chi connectivity index (χ3v) is 3.73. The highest BCUT2D eigenvalue weighted by molar-refractivity contribution is 6.38. The van der Waals surface area contributed by atoms with Gasteiger partial charge in [-0.15, -0.1) is 11.6 Å². The van der Waals surface area contributed by atoms with Crippen molar-refractivity contribution in [1.29, 1.82) is 0 Å². The number of rotatable bonds is 2. The number of hydrogen-bond donors (Lipinski definition) is 0. The molecule has 0 spiro atoms. The number of hydrogen-bond acceptors (Lipinski definition) is 0. The zero-order valence-corrected chi connectivity index (χ0v) is 11.7. The fraction of sp³-hybridized carbons (Fsp3) is 0.0769. The lowest BCUT2D eigenvalue weighted by molar-refractivity contribution is 1.40. The molecule has 2 aromatic rings. The summed E-state index contributed by atoms with van der Waals surface area (Å²) in [5, 5.41) is 1.81. The molecule has 4 heteroatoms. The van der Waals surface area contributed by atoms with E-state index in [9.17, 15) is 0 Å². The summed E-state index contributed by atoms with van der Waals surface area (Å²) in [5.41, 5.74) is 2.61. The van der Waals surface area contributed by atoms with Crippen molar-refractivity contribution in [3.8, 4) is 11.1 Å². The highest BCUT2D eigenvalue weighted by Gasteiger charge is 2.10. The highest BCUT2D eigenvalue weighted by atomic mass is 35.5. The monoisotopic (exact) mass is 304 g/mol. The van der Waals surface area contributed by atoms with Crippen molar-refractivity contribution in [2.45, 2.75) is 5.88 Å². The van der Waals surface area contributed by atoms with Gasteiger partial charge in [0.1, 0.15) is 0 Å². The summed E-state index contributed by atoms with van der Waals surface area (Å²) in [6.07, 6.45) is 0. The molecule has 0 amide bonds. The topological polar surface area (TPSA) is 0 Å². The molecule has 0 nitrogen and oxygen atoms in total. The normalized spacial score (nSPS) is 10.6. The van der Waals surface area contributed by atoms with Gasteiger partial charge in [0.15, 0.2) is 0 Å². The fourth-order valence-corrected chi connectivity index (χ4v) is 2.69. The molecule has 0 N–H and O–H groups in total. The van der Waals surface area contributed by atoms with Crippen LogP contribution in [0.2, 0.25) is 15.1 Å². The van der Waals surface area contributed by atoms with Crippen molar-refractivity contribution in [2.24, 2.45) is 0 Å². The van der Waals surface area contributed by atoms with Gasteiger partial charge in [0.2, 0.25) is 0 Å². The van der Waals surface area contributed by atoms with Crippen LogP contribution in [0.15, 0.2) is 36.4 Å². The van der Waals surface area contributed by atoms with Crippen LogP contribution in [0.25, 0.3) is 11.1 Å². The van der Waals surface area contributed by atoms with E-state index in [-0.39, 0.29) is 0 Å². The van der Waals surface area contributed by atoms with Crippen molar-refractivity contribution in [1.82, 2.24) is 0 Å². The predicted octanol–water partition coefficient (Wildman–Crippen LogP) is 6.05. The van der Waals surface area contributed by atoms with Gasteiger partial charge in [0.25, 0.3) is 0 Å². The number of halogens is 4. The van der Waals surface area contributed by atoms with Gasteiger partial charge in [0.05, 0.1) is 5.02 Å². The smallest absolute Gasteiger partial charge is 0.0529 e. The van der Waals surface area contributed by atoms with Crippen LogP contribution in [0.3, 0.4) is 0 Å². The predicted molar refractivity (Wildman–Crippen MR) is 76.5 cm³/mol. The minimum absolute atomic E-state index is 0.373. The first kappa shape index (κ1) is 13.0.